The van der Waals surface area contributed by atoms with Crippen molar-refractivity contribution in [3.8, 4) is 0 Å². The van der Waals surface area contributed by atoms with Gasteiger partial charge in [-0.3, -0.25) is 9.78 Å². The Hall–Kier alpha value is -2.26. The van der Waals surface area contributed by atoms with Crippen molar-refractivity contribution in [2.45, 2.75) is 12.1 Å². The number of rotatable bonds is 3. The van der Waals surface area contributed by atoms with Gasteiger partial charge in [0.25, 0.3) is 0 Å². The number of halogens is 5. The molecule has 0 aliphatic heterocycles. The summed E-state index contributed by atoms with van der Waals surface area (Å²) >= 11 is 0. The van der Waals surface area contributed by atoms with Gasteiger partial charge in [-0.15, -0.1) is 0 Å². The molecule has 0 spiro atoms. The van der Waals surface area contributed by atoms with E-state index in [1.807, 2.05) is 0 Å². The first-order valence-corrected chi connectivity index (χ1v) is 4.50. The molecule has 0 radical (unpaired) electrons. The predicted molar refractivity (Wildman–Crippen MR) is 50.8 cm³/mol. The Labute approximate surface area is 102 Å². The van der Waals surface area contributed by atoms with Gasteiger partial charge in [0.15, 0.2) is 0 Å². The maximum Gasteiger partial charge on any atom is 0.463 e. The third kappa shape index (κ3) is 2.95. The lowest BCUT2D eigenvalue weighted by atomic mass is 10.2. The average molecular weight is 284 g/mol. The fourth-order valence-electron chi connectivity index (χ4n) is 1.01. The summed E-state index contributed by atoms with van der Waals surface area (Å²) in [6.45, 7) is 0. The van der Waals surface area contributed by atoms with E-state index >= 15 is 0 Å². The third-order valence-corrected chi connectivity index (χ3v) is 1.94. The van der Waals surface area contributed by atoms with Crippen molar-refractivity contribution in [3.05, 3.63) is 24.0 Å². The van der Waals surface area contributed by atoms with Crippen LogP contribution in [0.1, 0.15) is 10.4 Å². The molecule has 0 fully saturated rings. The van der Waals surface area contributed by atoms with E-state index in [1.165, 1.54) is 5.32 Å². The van der Waals surface area contributed by atoms with Crippen LogP contribution in [0.25, 0.3) is 0 Å². The lowest BCUT2D eigenvalue weighted by molar-refractivity contribution is -0.267. The van der Waals surface area contributed by atoms with Crippen molar-refractivity contribution in [1.82, 2.24) is 4.98 Å². The molecule has 1 aromatic rings. The smallest absolute Gasteiger partial charge is 0.463 e. The number of carboxylic acids is 1. The summed E-state index contributed by atoms with van der Waals surface area (Å²) in [6.07, 6.45) is -4.46. The number of hydrogen-bond acceptors (Lipinski definition) is 3. The first kappa shape index (κ1) is 14.8. The van der Waals surface area contributed by atoms with Crippen molar-refractivity contribution < 1.29 is 36.6 Å². The molecule has 0 aromatic carbocycles. The fraction of sp³-hybridized carbons (Fsp3) is 0.222. The van der Waals surface area contributed by atoms with Crippen molar-refractivity contribution in [1.29, 1.82) is 0 Å². The molecule has 2 N–H and O–H groups in total. The predicted octanol–water partition coefficient (Wildman–Crippen LogP) is 1.92. The Balaban J connectivity index is 3.05. The normalized spacial score (nSPS) is 12.1. The third-order valence-electron chi connectivity index (χ3n) is 1.94. The number of nitrogens with zero attached hydrogens (tertiary/aromatic N) is 1. The first-order chi connectivity index (χ1) is 8.57. The van der Waals surface area contributed by atoms with Crippen molar-refractivity contribution in [2.24, 2.45) is 0 Å². The van der Waals surface area contributed by atoms with Crippen LogP contribution < -0.4 is 5.32 Å². The monoisotopic (exact) mass is 284 g/mol. The van der Waals surface area contributed by atoms with Crippen LogP contribution in [-0.4, -0.2) is 34.1 Å². The van der Waals surface area contributed by atoms with E-state index in [9.17, 15) is 31.5 Å². The molecule has 0 saturated heterocycles. The van der Waals surface area contributed by atoms with Crippen LogP contribution in [-0.2, 0) is 4.79 Å². The standard InChI is InChI=1S/C9H5F5N2O3/c10-8(11,9(12,13)14)7(19)16-5-3-15-2-1-4(5)6(17)18/h1-3H,(H,16,19)(H,17,18). The van der Waals surface area contributed by atoms with Crippen LogP contribution in [0.5, 0.6) is 0 Å². The number of hydrogen-bond donors (Lipinski definition) is 2. The van der Waals surface area contributed by atoms with E-state index < -0.39 is 35.2 Å². The van der Waals surface area contributed by atoms with Crippen molar-refractivity contribution in [3.63, 3.8) is 0 Å². The van der Waals surface area contributed by atoms with Gasteiger partial charge in [-0.05, 0) is 6.07 Å². The highest BCUT2D eigenvalue weighted by atomic mass is 19.4. The van der Waals surface area contributed by atoms with E-state index in [0.717, 1.165) is 12.3 Å². The maximum atomic E-state index is 12.6. The lowest BCUT2D eigenvalue weighted by Crippen LogP contribution is -2.47. The number of carbonyl (C=O) groups is 2. The molecule has 0 saturated carbocycles. The Morgan fingerprint density at radius 3 is 2.26 bits per heavy atom. The molecule has 10 heteroatoms. The number of nitrogens with one attached hydrogen (secondary N) is 1. The summed E-state index contributed by atoms with van der Waals surface area (Å²) in [5, 5.41) is 9.84. The molecule has 0 aliphatic rings. The van der Waals surface area contributed by atoms with E-state index in [0.29, 0.717) is 6.20 Å². The average Bonchev–Trinajstić information content (AvgIpc) is 2.27. The number of amides is 1. The second-order valence-corrected chi connectivity index (χ2v) is 3.25. The summed E-state index contributed by atoms with van der Waals surface area (Å²) < 4.78 is 61.0. The molecule has 1 rings (SSSR count). The number of carbonyl (C=O) groups excluding carboxylic acids is 1. The highest BCUT2D eigenvalue weighted by Gasteiger charge is 2.63. The van der Waals surface area contributed by atoms with Crippen LogP contribution >= 0.6 is 0 Å². The zero-order valence-electron chi connectivity index (χ0n) is 8.83. The van der Waals surface area contributed by atoms with E-state index in [2.05, 4.69) is 4.98 Å². The van der Waals surface area contributed by atoms with E-state index in [4.69, 9.17) is 5.11 Å². The topological polar surface area (TPSA) is 79.3 Å². The van der Waals surface area contributed by atoms with Gasteiger partial charge < -0.3 is 10.4 Å². The largest absolute Gasteiger partial charge is 0.478 e. The van der Waals surface area contributed by atoms with E-state index in [-0.39, 0.29) is 0 Å². The van der Waals surface area contributed by atoms with Crippen LogP contribution in [0, 0.1) is 0 Å². The number of anilines is 1. The van der Waals surface area contributed by atoms with Crippen LogP contribution in [0.3, 0.4) is 0 Å². The molecule has 5 nitrogen and oxygen atoms in total. The highest BCUT2D eigenvalue weighted by molar-refractivity contribution is 6.02. The SMILES string of the molecule is O=C(O)c1ccncc1NC(=O)C(F)(F)C(F)(F)F. The maximum absolute atomic E-state index is 12.6. The Morgan fingerprint density at radius 2 is 1.79 bits per heavy atom. The van der Waals surface area contributed by atoms with Crippen molar-refractivity contribution in [2.75, 3.05) is 5.32 Å². The molecule has 0 atom stereocenters. The number of carboxylic acid groups (broad SMARTS) is 1. The van der Waals surface area contributed by atoms with E-state index in [1.54, 1.807) is 0 Å². The molecule has 0 aliphatic carbocycles. The van der Waals surface area contributed by atoms with Crippen LogP contribution in [0.15, 0.2) is 18.5 Å². The zero-order chi connectivity index (χ0) is 14.8. The van der Waals surface area contributed by atoms with Gasteiger partial charge >= 0.3 is 24.0 Å². The minimum absolute atomic E-state index is 0.647. The molecule has 1 aromatic heterocycles. The van der Waals surface area contributed by atoms with Gasteiger partial charge in [0.1, 0.15) is 0 Å². The molecular formula is C9H5F5N2O3. The Bertz CT molecular complexity index is 515. The Kier molecular flexibility index (Phi) is 3.73. The summed E-state index contributed by atoms with van der Waals surface area (Å²) in [5.74, 6) is -9.94. The van der Waals surface area contributed by atoms with Gasteiger partial charge in [-0.25, -0.2) is 4.79 Å². The van der Waals surface area contributed by atoms with Gasteiger partial charge in [-0.1, -0.05) is 0 Å². The number of alkyl halides is 5. The number of pyridine rings is 1. The van der Waals surface area contributed by atoms with Crippen molar-refractivity contribution >= 4 is 17.6 Å². The lowest BCUT2D eigenvalue weighted by Gasteiger charge is -2.18. The van der Waals surface area contributed by atoms with Crippen LogP contribution in [0.2, 0.25) is 0 Å². The van der Waals surface area contributed by atoms with Gasteiger partial charge in [0, 0.05) is 6.20 Å². The molecule has 0 unspecified atom stereocenters. The quantitative estimate of drug-likeness (QED) is 0.831. The molecule has 1 amide bonds. The Morgan fingerprint density at radius 1 is 1.21 bits per heavy atom. The first-order valence-electron chi connectivity index (χ1n) is 4.50. The molecule has 19 heavy (non-hydrogen) atoms. The summed E-state index contributed by atoms with van der Waals surface area (Å²) in [6, 6.07) is 0.837. The number of aromatic nitrogens is 1. The molecule has 0 bridgehead atoms. The second kappa shape index (κ2) is 4.78. The second-order valence-electron chi connectivity index (χ2n) is 3.25. The summed E-state index contributed by atoms with van der Waals surface area (Å²) in [5.41, 5.74) is -1.43. The summed E-state index contributed by atoms with van der Waals surface area (Å²) in [7, 11) is 0. The highest BCUT2D eigenvalue weighted by Crippen LogP contribution is 2.36. The molecule has 104 valence electrons. The van der Waals surface area contributed by atoms with Gasteiger partial charge in [-0.2, -0.15) is 22.0 Å². The minimum atomic E-state index is -6.08. The molecule has 1 heterocycles. The van der Waals surface area contributed by atoms with Crippen LogP contribution in [0.4, 0.5) is 27.6 Å². The van der Waals surface area contributed by atoms with Gasteiger partial charge in [0.05, 0.1) is 17.4 Å². The zero-order valence-corrected chi connectivity index (χ0v) is 8.83. The number of aromatic carboxylic acids is 1. The summed E-state index contributed by atoms with van der Waals surface area (Å²) in [4.78, 5) is 24.8. The molecular weight excluding hydrogens is 279 g/mol. The minimum Gasteiger partial charge on any atom is -0.478 e. The fourth-order valence-corrected chi connectivity index (χ4v) is 1.01. The van der Waals surface area contributed by atoms with Gasteiger partial charge in [0.2, 0.25) is 0 Å².